The molecule has 0 aromatic heterocycles. The molecule has 1 aliphatic heterocycles. The summed E-state index contributed by atoms with van der Waals surface area (Å²) in [5.74, 6) is -0.0650. The number of rotatable bonds is 6. The molecule has 1 aliphatic carbocycles. The van der Waals surface area contributed by atoms with Crippen LogP contribution in [0.2, 0.25) is 0 Å². The van der Waals surface area contributed by atoms with Crippen molar-refractivity contribution in [2.75, 3.05) is 38.1 Å². The van der Waals surface area contributed by atoms with E-state index in [1.54, 1.807) is 17.0 Å². The highest BCUT2D eigenvalue weighted by Gasteiger charge is 2.30. The van der Waals surface area contributed by atoms with E-state index in [2.05, 4.69) is 34.5 Å². The fourth-order valence-electron chi connectivity index (χ4n) is 5.64. The van der Waals surface area contributed by atoms with Crippen LogP contribution in [0.4, 0.5) is 15.3 Å². The average Bonchev–Trinajstić information content (AvgIpc) is 3.27. The van der Waals surface area contributed by atoms with E-state index in [1.165, 1.54) is 0 Å². The highest BCUT2D eigenvalue weighted by atomic mass is 16.6. The van der Waals surface area contributed by atoms with E-state index in [9.17, 15) is 19.6 Å². The van der Waals surface area contributed by atoms with E-state index in [0.29, 0.717) is 38.4 Å². The zero-order chi connectivity index (χ0) is 30.0. The SMILES string of the molecule is Cc1c(CN2CCN(C(=O)OC(C)(C)C)CC2)cc(B(O)O)cc1NC(=O)OCC1c2ccccc2-c2ccccc21. The van der Waals surface area contributed by atoms with E-state index in [-0.39, 0.29) is 24.1 Å². The third-order valence-electron chi connectivity index (χ3n) is 7.83. The van der Waals surface area contributed by atoms with Crippen molar-refractivity contribution in [2.45, 2.75) is 45.8 Å². The first-order valence-electron chi connectivity index (χ1n) is 14.3. The van der Waals surface area contributed by atoms with Crippen LogP contribution in [-0.4, -0.2) is 77.5 Å². The average molecular weight is 571 g/mol. The maximum Gasteiger partial charge on any atom is 0.488 e. The number of nitrogens with one attached hydrogen (secondary N) is 1. The predicted molar refractivity (Wildman–Crippen MR) is 163 cm³/mol. The molecule has 1 heterocycles. The van der Waals surface area contributed by atoms with Crippen molar-refractivity contribution < 1.29 is 29.1 Å². The van der Waals surface area contributed by atoms with Gasteiger partial charge >= 0.3 is 19.3 Å². The monoisotopic (exact) mass is 571 g/mol. The Balaban J connectivity index is 1.24. The molecule has 0 bridgehead atoms. The number of carbonyl (C=O) groups excluding carboxylic acids is 2. The van der Waals surface area contributed by atoms with Gasteiger partial charge < -0.3 is 24.4 Å². The van der Waals surface area contributed by atoms with Crippen LogP contribution in [0.15, 0.2) is 60.7 Å². The van der Waals surface area contributed by atoms with E-state index < -0.39 is 18.8 Å². The van der Waals surface area contributed by atoms with Crippen molar-refractivity contribution in [3.05, 3.63) is 82.9 Å². The van der Waals surface area contributed by atoms with Crippen LogP contribution in [0, 0.1) is 6.92 Å². The summed E-state index contributed by atoms with van der Waals surface area (Å²) >= 11 is 0. The highest BCUT2D eigenvalue weighted by Crippen LogP contribution is 2.44. The Morgan fingerprint density at radius 1 is 0.952 bits per heavy atom. The standard InChI is InChI=1S/C32H38BN3O6/c1-21-22(19-35-13-15-36(16-14-35)31(38)42-32(2,3)4)17-23(33(39)40)18-29(21)34-30(37)41-20-28-26-11-7-5-9-24(26)25-10-6-8-12-27(25)28/h5-12,17-18,28,39-40H,13-16,19-20H2,1-4H3,(H,34,37). The van der Waals surface area contributed by atoms with Crippen molar-refractivity contribution in [1.29, 1.82) is 0 Å². The van der Waals surface area contributed by atoms with E-state index in [0.717, 1.165) is 33.4 Å². The zero-order valence-electron chi connectivity index (χ0n) is 24.6. The van der Waals surface area contributed by atoms with Crippen LogP contribution >= 0.6 is 0 Å². The van der Waals surface area contributed by atoms with Crippen LogP contribution in [0.3, 0.4) is 0 Å². The maximum absolute atomic E-state index is 13.0. The number of piperazine rings is 1. The lowest BCUT2D eigenvalue weighted by Gasteiger charge is -2.36. The van der Waals surface area contributed by atoms with E-state index in [4.69, 9.17) is 9.47 Å². The molecular weight excluding hydrogens is 533 g/mol. The number of fused-ring (bicyclic) bond motifs is 3. The zero-order valence-corrected chi connectivity index (χ0v) is 24.6. The molecule has 1 saturated heterocycles. The minimum atomic E-state index is -1.70. The Labute approximate surface area is 247 Å². The number of nitrogens with zero attached hydrogens (tertiary/aromatic N) is 2. The fraction of sp³-hybridized carbons (Fsp3) is 0.375. The van der Waals surface area contributed by atoms with Gasteiger partial charge in [0.1, 0.15) is 12.2 Å². The molecule has 42 heavy (non-hydrogen) atoms. The number of hydrogen-bond acceptors (Lipinski definition) is 7. The predicted octanol–water partition coefficient (Wildman–Crippen LogP) is 4.09. The second-order valence-corrected chi connectivity index (χ2v) is 11.9. The number of ether oxygens (including phenoxy) is 2. The third kappa shape index (κ3) is 6.62. The molecule has 220 valence electrons. The molecule has 3 aromatic carbocycles. The second kappa shape index (κ2) is 12.2. The Morgan fingerprint density at radius 2 is 1.55 bits per heavy atom. The number of amides is 2. The molecule has 5 rings (SSSR count). The van der Waals surface area contributed by atoms with Crippen LogP contribution in [0.25, 0.3) is 11.1 Å². The number of hydrogen-bond donors (Lipinski definition) is 3. The Bertz CT molecular complexity index is 1420. The quantitative estimate of drug-likeness (QED) is 0.383. The molecule has 3 N–H and O–H groups in total. The smallest absolute Gasteiger partial charge is 0.448 e. The summed E-state index contributed by atoms with van der Waals surface area (Å²) in [7, 11) is -1.70. The molecule has 2 aliphatic rings. The molecule has 0 saturated carbocycles. The topological polar surface area (TPSA) is 112 Å². The van der Waals surface area contributed by atoms with Crippen LogP contribution in [-0.2, 0) is 16.0 Å². The summed E-state index contributed by atoms with van der Waals surface area (Å²) in [4.78, 5) is 29.3. The van der Waals surface area contributed by atoms with Gasteiger partial charge in [-0.2, -0.15) is 0 Å². The molecule has 0 atom stereocenters. The summed E-state index contributed by atoms with van der Waals surface area (Å²) in [5.41, 5.74) is 6.40. The molecule has 2 amide bonds. The molecule has 10 heteroatoms. The molecule has 3 aromatic rings. The summed E-state index contributed by atoms with van der Waals surface area (Å²) in [6.07, 6.45) is -0.931. The van der Waals surface area contributed by atoms with Gasteiger partial charge in [-0.15, -0.1) is 0 Å². The van der Waals surface area contributed by atoms with Gasteiger partial charge in [-0.3, -0.25) is 10.2 Å². The Hall–Kier alpha value is -3.86. The minimum Gasteiger partial charge on any atom is -0.448 e. The Kier molecular flexibility index (Phi) is 8.59. The van der Waals surface area contributed by atoms with Gasteiger partial charge in [0.15, 0.2) is 0 Å². The van der Waals surface area contributed by atoms with E-state index in [1.807, 2.05) is 52.0 Å². The lowest BCUT2D eigenvalue weighted by Crippen LogP contribution is -2.49. The van der Waals surface area contributed by atoms with Gasteiger partial charge in [0.05, 0.1) is 0 Å². The molecule has 0 radical (unpaired) electrons. The number of anilines is 1. The largest absolute Gasteiger partial charge is 0.488 e. The fourth-order valence-corrected chi connectivity index (χ4v) is 5.64. The van der Waals surface area contributed by atoms with Gasteiger partial charge in [0.25, 0.3) is 0 Å². The molecule has 9 nitrogen and oxygen atoms in total. The first-order valence-corrected chi connectivity index (χ1v) is 14.3. The molecule has 1 fully saturated rings. The molecule has 0 unspecified atom stereocenters. The second-order valence-electron chi connectivity index (χ2n) is 11.9. The van der Waals surface area contributed by atoms with Crippen LogP contribution in [0.5, 0.6) is 0 Å². The van der Waals surface area contributed by atoms with Gasteiger partial charge in [-0.05, 0) is 72.6 Å². The van der Waals surface area contributed by atoms with Crippen LogP contribution < -0.4 is 10.8 Å². The molecular formula is C32H38BN3O6. The van der Waals surface area contributed by atoms with E-state index >= 15 is 0 Å². The summed E-state index contributed by atoms with van der Waals surface area (Å²) in [5, 5.41) is 22.8. The minimum absolute atomic E-state index is 0.0650. The highest BCUT2D eigenvalue weighted by molar-refractivity contribution is 6.58. The lowest BCUT2D eigenvalue weighted by atomic mass is 9.78. The first-order chi connectivity index (χ1) is 20.0. The maximum atomic E-state index is 13.0. The van der Waals surface area contributed by atoms with Crippen LogP contribution in [0.1, 0.15) is 48.9 Å². The lowest BCUT2D eigenvalue weighted by molar-refractivity contribution is 0.0139. The number of benzene rings is 3. The van der Waals surface area contributed by atoms with Gasteiger partial charge in [-0.1, -0.05) is 54.6 Å². The normalized spacial score (nSPS) is 15.1. The first kappa shape index (κ1) is 29.6. The van der Waals surface area contributed by atoms with Crippen molar-refractivity contribution in [3.63, 3.8) is 0 Å². The summed E-state index contributed by atoms with van der Waals surface area (Å²) < 4.78 is 11.2. The van der Waals surface area contributed by atoms with Crippen molar-refractivity contribution in [3.8, 4) is 11.1 Å². The van der Waals surface area contributed by atoms with Crippen molar-refractivity contribution in [2.24, 2.45) is 0 Å². The van der Waals surface area contributed by atoms with Gasteiger partial charge in [0, 0.05) is 44.3 Å². The van der Waals surface area contributed by atoms with Crippen molar-refractivity contribution >= 4 is 30.5 Å². The molecule has 0 spiro atoms. The van der Waals surface area contributed by atoms with Gasteiger partial charge in [-0.25, -0.2) is 9.59 Å². The summed E-state index contributed by atoms with van der Waals surface area (Å²) in [6.45, 7) is 10.5. The van der Waals surface area contributed by atoms with Crippen molar-refractivity contribution in [1.82, 2.24) is 9.80 Å². The third-order valence-corrected chi connectivity index (χ3v) is 7.83. The Morgan fingerprint density at radius 3 is 2.12 bits per heavy atom. The summed E-state index contributed by atoms with van der Waals surface area (Å²) in [6, 6.07) is 19.6. The number of carbonyl (C=O) groups is 2. The van der Waals surface area contributed by atoms with Gasteiger partial charge in [0.2, 0.25) is 0 Å².